The van der Waals surface area contributed by atoms with Crippen LogP contribution in [0.1, 0.15) is 0 Å². The lowest BCUT2D eigenvalue weighted by molar-refractivity contribution is 0.188. The van der Waals surface area contributed by atoms with Crippen molar-refractivity contribution in [1.82, 2.24) is 14.9 Å². The van der Waals surface area contributed by atoms with E-state index in [0.717, 1.165) is 26.2 Å². The monoisotopic (exact) mass is 382 g/mol. The molecule has 1 aliphatic heterocycles. The Kier molecular flexibility index (Phi) is 5.80. The maximum Gasteiger partial charge on any atom is 0.159 e. The summed E-state index contributed by atoms with van der Waals surface area (Å²) in [7, 11) is 0. The number of hydrogen-bond donors (Lipinski definition) is 3. The molecule has 0 spiro atoms. The molecule has 3 rings (SSSR count). The normalized spacial score (nSPS) is 15.4. The van der Waals surface area contributed by atoms with E-state index >= 15 is 0 Å². The Morgan fingerprint density at radius 2 is 1.92 bits per heavy atom. The first-order valence-electron chi connectivity index (χ1n) is 7.99. The lowest BCUT2D eigenvalue weighted by Crippen LogP contribution is -2.47. The van der Waals surface area contributed by atoms with Gasteiger partial charge in [0.1, 0.15) is 12.0 Å². The van der Waals surface area contributed by atoms with Gasteiger partial charge in [-0.1, -0.05) is 23.2 Å². The molecule has 1 aromatic carbocycles. The van der Waals surface area contributed by atoms with Crippen LogP contribution < -0.4 is 16.0 Å². The van der Waals surface area contributed by atoms with Gasteiger partial charge in [0.05, 0.1) is 17.3 Å². The number of anilines is 4. The minimum atomic E-state index is 0.172. The fraction of sp³-hybridized carbons (Fsp3) is 0.375. The molecule has 0 aliphatic carbocycles. The Morgan fingerprint density at radius 1 is 1.16 bits per heavy atom. The van der Waals surface area contributed by atoms with Crippen LogP contribution in [0.2, 0.25) is 10.0 Å². The van der Waals surface area contributed by atoms with Gasteiger partial charge >= 0.3 is 0 Å². The van der Waals surface area contributed by atoms with Gasteiger partial charge in [-0.05, 0) is 18.2 Å². The van der Waals surface area contributed by atoms with Gasteiger partial charge in [-0.15, -0.1) is 0 Å². The second-order valence-corrected chi connectivity index (χ2v) is 6.60. The van der Waals surface area contributed by atoms with Crippen LogP contribution in [0.4, 0.5) is 23.0 Å². The molecule has 2 aromatic rings. The van der Waals surface area contributed by atoms with E-state index in [-0.39, 0.29) is 6.61 Å². The molecule has 1 aliphatic rings. The lowest BCUT2D eigenvalue weighted by atomic mass is 10.2. The molecule has 0 unspecified atom stereocenters. The van der Waals surface area contributed by atoms with Crippen LogP contribution in [-0.4, -0.2) is 59.3 Å². The number of piperazine rings is 1. The molecule has 0 amide bonds. The van der Waals surface area contributed by atoms with Crippen LogP contribution in [0.25, 0.3) is 0 Å². The molecule has 1 saturated heterocycles. The van der Waals surface area contributed by atoms with Crippen LogP contribution in [0.5, 0.6) is 0 Å². The van der Waals surface area contributed by atoms with Gasteiger partial charge in [-0.3, -0.25) is 4.90 Å². The van der Waals surface area contributed by atoms with Crippen molar-refractivity contribution in [2.45, 2.75) is 0 Å². The number of benzene rings is 1. The number of aliphatic hydroxyl groups excluding tert-OH is 1. The predicted molar refractivity (Wildman–Crippen MR) is 102 cm³/mol. The topological polar surface area (TPSA) is 90.5 Å². The van der Waals surface area contributed by atoms with Crippen molar-refractivity contribution in [3.63, 3.8) is 0 Å². The number of halogens is 2. The number of β-amino-alcohol motifs (C(OH)–C–C–N with tert-alkyl or cyclic N) is 1. The molecule has 4 N–H and O–H groups in total. The molecule has 1 aromatic heterocycles. The summed E-state index contributed by atoms with van der Waals surface area (Å²) in [4.78, 5) is 12.9. The van der Waals surface area contributed by atoms with Crippen molar-refractivity contribution in [1.29, 1.82) is 0 Å². The number of rotatable bonds is 5. The van der Waals surface area contributed by atoms with E-state index in [1.807, 2.05) is 0 Å². The summed E-state index contributed by atoms with van der Waals surface area (Å²) < 4.78 is 0. The maximum absolute atomic E-state index is 9.04. The first-order chi connectivity index (χ1) is 12.1. The minimum Gasteiger partial charge on any atom is -0.395 e. The van der Waals surface area contributed by atoms with Crippen LogP contribution in [-0.2, 0) is 0 Å². The number of aromatic nitrogens is 2. The standard InChI is InChI=1S/C16H20Cl2N6O/c17-11-1-2-13(12(18)9-11)22-15-14(19)16(21-10-20-15)24-5-3-23(4-6-24)7-8-25/h1-2,9-10,25H,3-8,19H2,(H,20,21,22). The third-order valence-corrected chi connectivity index (χ3v) is 4.68. The fourth-order valence-electron chi connectivity index (χ4n) is 2.78. The molecular weight excluding hydrogens is 363 g/mol. The molecule has 7 nitrogen and oxygen atoms in total. The van der Waals surface area contributed by atoms with Crippen molar-refractivity contribution < 1.29 is 5.11 Å². The third kappa shape index (κ3) is 4.24. The van der Waals surface area contributed by atoms with E-state index in [0.29, 0.717) is 39.6 Å². The number of nitrogens with one attached hydrogen (secondary N) is 1. The Morgan fingerprint density at radius 3 is 2.60 bits per heavy atom. The molecule has 2 heterocycles. The summed E-state index contributed by atoms with van der Waals surface area (Å²) in [6.07, 6.45) is 1.48. The van der Waals surface area contributed by atoms with Gasteiger partial charge in [0.2, 0.25) is 0 Å². The Hall–Kier alpha value is -1.80. The van der Waals surface area contributed by atoms with E-state index < -0.39 is 0 Å². The van der Waals surface area contributed by atoms with Crippen molar-refractivity contribution in [3.05, 3.63) is 34.6 Å². The zero-order chi connectivity index (χ0) is 17.8. The molecular formula is C16H20Cl2N6O. The zero-order valence-electron chi connectivity index (χ0n) is 13.6. The summed E-state index contributed by atoms with van der Waals surface area (Å²) in [5.74, 6) is 1.21. The van der Waals surface area contributed by atoms with Gasteiger partial charge in [-0.25, -0.2) is 9.97 Å². The molecule has 9 heteroatoms. The van der Waals surface area contributed by atoms with E-state index in [1.165, 1.54) is 6.33 Å². The number of nitrogen functional groups attached to an aromatic ring is 1. The van der Waals surface area contributed by atoms with Crippen molar-refractivity contribution in [2.24, 2.45) is 0 Å². The summed E-state index contributed by atoms with van der Waals surface area (Å²) in [6.45, 7) is 4.16. The summed E-state index contributed by atoms with van der Waals surface area (Å²) >= 11 is 12.1. The first-order valence-corrected chi connectivity index (χ1v) is 8.75. The van der Waals surface area contributed by atoms with Crippen molar-refractivity contribution in [3.8, 4) is 0 Å². The zero-order valence-corrected chi connectivity index (χ0v) is 15.1. The van der Waals surface area contributed by atoms with Crippen molar-refractivity contribution in [2.75, 3.05) is 55.3 Å². The highest BCUT2D eigenvalue weighted by Crippen LogP contribution is 2.32. The van der Waals surface area contributed by atoms with E-state index in [4.69, 9.17) is 34.0 Å². The van der Waals surface area contributed by atoms with Crippen LogP contribution in [0, 0.1) is 0 Å². The van der Waals surface area contributed by atoms with Crippen LogP contribution >= 0.6 is 23.2 Å². The Balaban J connectivity index is 1.76. The number of nitrogens with two attached hydrogens (primary N) is 1. The second kappa shape index (κ2) is 8.05. The largest absolute Gasteiger partial charge is 0.395 e. The van der Waals surface area contributed by atoms with Crippen LogP contribution in [0.3, 0.4) is 0 Å². The fourth-order valence-corrected chi connectivity index (χ4v) is 3.24. The van der Waals surface area contributed by atoms with E-state index in [2.05, 4.69) is 25.1 Å². The van der Waals surface area contributed by atoms with Gasteiger partial charge in [-0.2, -0.15) is 0 Å². The lowest BCUT2D eigenvalue weighted by Gasteiger charge is -2.35. The molecule has 134 valence electrons. The Labute approximate surface area is 156 Å². The second-order valence-electron chi connectivity index (χ2n) is 5.76. The molecule has 25 heavy (non-hydrogen) atoms. The van der Waals surface area contributed by atoms with Gasteiger partial charge < -0.3 is 21.1 Å². The van der Waals surface area contributed by atoms with Gasteiger partial charge in [0.25, 0.3) is 0 Å². The molecule has 1 fully saturated rings. The number of aliphatic hydroxyl groups is 1. The highest BCUT2D eigenvalue weighted by molar-refractivity contribution is 6.36. The minimum absolute atomic E-state index is 0.172. The molecule has 0 bridgehead atoms. The summed E-state index contributed by atoms with van der Waals surface area (Å²) in [6, 6.07) is 5.18. The predicted octanol–water partition coefficient (Wildman–Crippen LogP) is 2.22. The quantitative estimate of drug-likeness (QED) is 0.729. The Bertz CT molecular complexity index is 737. The summed E-state index contributed by atoms with van der Waals surface area (Å²) in [5, 5.41) is 13.2. The third-order valence-electron chi connectivity index (χ3n) is 4.14. The average Bonchev–Trinajstić information content (AvgIpc) is 2.60. The average molecular weight is 383 g/mol. The molecule has 0 atom stereocenters. The highest BCUT2D eigenvalue weighted by atomic mass is 35.5. The number of hydrogen-bond acceptors (Lipinski definition) is 7. The summed E-state index contributed by atoms with van der Waals surface area (Å²) in [5.41, 5.74) is 7.44. The van der Waals surface area contributed by atoms with E-state index in [1.54, 1.807) is 18.2 Å². The number of nitrogens with zero attached hydrogens (tertiary/aromatic N) is 4. The maximum atomic E-state index is 9.04. The smallest absolute Gasteiger partial charge is 0.159 e. The van der Waals surface area contributed by atoms with E-state index in [9.17, 15) is 0 Å². The van der Waals surface area contributed by atoms with Crippen LogP contribution in [0.15, 0.2) is 24.5 Å². The highest BCUT2D eigenvalue weighted by Gasteiger charge is 2.21. The molecule has 0 saturated carbocycles. The van der Waals surface area contributed by atoms with Gasteiger partial charge in [0.15, 0.2) is 11.6 Å². The first kappa shape index (κ1) is 18.0. The van der Waals surface area contributed by atoms with Gasteiger partial charge in [0, 0.05) is 37.7 Å². The van der Waals surface area contributed by atoms with Crippen molar-refractivity contribution >= 4 is 46.2 Å². The molecule has 0 radical (unpaired) electrons. The SMILES string of the molecule is Nc1c(Nc2ccc(Cl)cc2Cl)ncnc1N1CCN(CCO)CC1.